The fourth-order valence-corrected chi connectivity index (χ4v) is 2.45. The van der Waals surface area contributed by atoms with Gasteiger partial charge < -0.3 is 9.90 Å². The van der Waals surface area contributed by atoms with Gasteiger partial charge in [-0.25, -0.2) is 4.98 Å². The highest BCUT2D eigenvalue weighted by molar-refractivity contribution is 7.82. The second-order valence-electron chi connectivity index (χ2n) is 3.60. The number of thiazole rings is 1. The first-order valence-corrected chi connectivity index (χ1v) is 6.39. The van der Waals surface area contributed by atoms with Crippen molar-refractivity contribution in [2.75, 3.05) is 0 Å². The van der Waals surface area contributed by atoms with Gasteiger partial charge in [-0.2, -0.15) is 22.5 Å². The Hall–Kier alpha value is -1.88. The van der Waals surface area contributed by atoms with E-state index in [0.717, 1.165) is 15.9 Å². The monoisotopic (exact) mass is 339 g/mol. The maximum atomic E-state index is 11.0. The lowest BCUT2D eigenvalue weighted by Crippen LogP contribution is -2.49. The van der Waals surface area contributed by atoms with Crippen LogP contribution in [0.1, 0.15) is 5.69 Å². The Morgan fingerprint density at radius 2 is 2.00 bits per heavy atom. The maximum absolute atomic E-state index is 11.0. The third kappa shape index (κ3) is 4.29. The number of halogens is 3. The van der Waals surface area contributed by atoms with E-state index in [1.165, 1.54) is 15.9 Å². The van der Waals surface area contributed by atoms with Gasteiger partial charge in [0.05, 0.1) is 4.70 Å². The molecule has 2 aromatic heterocycles. The zero-order valence-electron chi connectivity index (χ0n) is 10.3. The summed E-state index contributed by atoms with van der Waals surface area (Å²) in [5, 5.41) is 8.78. The summed E-state index contributed by atoms with van der Waals surface area (Å²) >= 11 is 5.63. The van der Waals surface area contributed by atoms with Crippen LogP contribution in [0.3, 0.4) is 0 Å². The minimum atomic E-state index is -5.19. The first kappa shape index (κ1) is 17.2. The molecule has 2 aromatic rings. The van der Waals surface area contributed by atoms with Gasteiger partial charge in [0.15, 0.2) is 0 Å². The number of aromatic nitrogens is 2. The number of carbonyl (C=O) groups excluding carboxylic acids is 2. The van der Waals surface area contributed by atoms with Gasteiger partial charge in [-0.05, 0) is 6.07 Å². The lowest BCUT2D eigenvalue weighted by Gasteiger charge is -2.03. The van der Waals surface area contributed by atoms with Crippen molar-refractivity contribution in [2.45, 2.75) is 17.4 Å². The first-order chi connectivity index (χ1) is 9.54. The highest BCUT2D eigenvalue weighted by Gasteiger charge is 2.28. The Morgan fingerprint density at radius 1 is 1.48 bits per heavy atom. The number of primary amides is 1. The number of thiol groups is 1. The van der Waals surface area contributed by atoms with E-state index >= 15 is 0 Å². The van der Waals surface area contributed by atoms with Crippen molar-refractivity contribution in [1.29, 1.82) is 0 Å². The highest BCUT2D eigenvalue weighted by atomic mass is 32.2. The molecule has 0 aromatic carbocycles. The van der Waals surface area contributed by atoms with Crippen LogP contribution in [0.25, 0.3) is 10.2 Å². The van der Waals surface area contributed by atoms with Gasteiger partial charge in [0.1, 0.15) is 27.7 Å². The number of nitrogens with zero attached hydrogens (tertiary/aromatic N) is 2. The quantitative estimate of drug-likeness (QED) is 0.536. The maximum Gasteiger partial charge on any atom is 0.493 e. The number of hydrogen-bond donors (Lipinski definition) is 2. The van der Waals surface area contributed by atoms with Crippen LogP contribution in [0, 0.1) is 6.92 Å². The lowest BCUT2D eigenvalue weighted by molar-refractivity contribution is -0.575. The third-order valence-corrected chi connectivity index (χ3v) is 3.39. The van der Waals surface area contributed by atoms with E-state index in [1.807, 2.05) is 6.07 Å². The molecule has 2 rings (SSSR count). The molecule has 0 unspecified atom stereocenters. The Labute approximate surface area is 125 Å². The van der Waals surface area contributed by atoms with E-state index in [1.54, 1.807) is 13.1 Å². The third-order valence-electron chi connectivity index (χ3n) is 2.19. The lowest BCUT2D eigenvalue weighted by atomic mass is 10.3. The van der Waals surface area contributed by atoms with Crippen LogP contribution in [-0.4, -0.2) is 23.2 Å². The molecular weight excluding hydrogens is 331 g/mol. The molecule has 114 valence electrons. The highest BCUT2D eigenvalue weighted by Crippen LogP contribution is 2.24. The Balaban J connectivity index is 0.000000270. The molecule has 0 aliphatic rings. The van der Waals surface area contributed by atoms with E-state index in [9.17, 15) is 18.0 Å². The number of rotatable bonds is 0. The van der Waals surface area contributed by atoms with Crippen molar-refractivity contribution in [3.8, 4) is 0 Å². The first-order valence-electron chi connectivity index (χ1n) is 5.12. The molecule has 2 heterocycles. The number of amides is 1. The van der Waals surface area contributed by atoms with E-state index in [0.29, 0.717) is 4.34 Å². The number of alkyl halides is 3. The molecule has 21 heavy (non-hydrogen) atoms. The number of carboxylic acids is 1. The molecule has 0 fully saturated rings. The topological polar surface area (TPSA) is 100.0 Å². The average molecular weight is 339 g/mol. The van der Waals surface area contributed by atoms with Crippen LogP contribution in [-0.2, 0) is 4.79 Å². The van der Waals surface area contributed by atoms with Gasteiger partial charge in [-0.1, -0.05) is 0 Å². The normalized spacial score (nSPS) is 10.9. The Kier molecular flexibility index (Phi) is 5.12. The summed E-state index contributed by atoms with van der Waals surface area (Å²) < 4.78 is 34.6. The number of nitrogens with two attached hydrogens (primary N) is 1. The molecule has 0 saturated heterocycles. The van der Waals surface area contributed by atoms with Crippen LogP contribution >= 0.6 is 24.0 Å². The summed E-state index contributed by atoms with van der Waals surface area (Å²) in [6.45, 7) is 1.81. The van der Waals surface area contributed by atoms with Gasteiger partial charge in [0, 0.05) is 6.92 Å². The van der Waals surface area contributed by atoms with Crippen molar-refractivity contribution in [3.05, 3.63) is 18.0 Å². The molecule has 6 nitrogen and oxygen atoms in total. The van der Waals surface area contributed by atoms with Gasteiger partial charge in [0.2, 0.25) is 0 Å². The van der Waals surface area contributed by atoms with Gasteiger partial charge in [-0.3, -0.25) is 5.73 Å². The van der Waals surface area contributed by atoms with Gasteiger partial charge in [-0.15, -0.1) is 24.0 Å². The van der Waals surface area contributed by atoms with Gasteiger partial charge in [0.25, 0.3) is 0 Å². The van der Waals surface area contributed by atoms with Crippen molar-refractivity contribution < 1.29 is 32.4 Å². The van der Waals surface area contributed by atoms with Crippen molar-refractivity contribution in [3.63, 3.8) is 0 Å². The summed E-state index contributed by atoms with van der Waals surface area (Å²) in [5.74, 6) is -3.01. The SMILES string of the molecule is Cc1c2nc(S)sc2cc[n+]1C(N)=O.O=C([O-])C(F)(F)F. The summed E-state index contributed by atoms with van der Waals surface area (Å²) in [6, 6.07) is 1.31. The molecule has 0 aliphatic heterocycles. The summed E-state index contributed by atoms with van der Waals surface area (Å²) in [7, 11) is 0. The molecule has 0 bridgehead atoms. The summed E-state index contributed by atoms with van der Waals surface area (Å²) in [5.41, 5.74) is 6.71. The average Bonchev–Trinajstić information content (AvgIpc) is 2.70. The smallest absolute Gasteiger partial charge is 0.493 e. The molecule has 2 N–H and O–H groups in total. The zero-order valence-corrected chi connectivity index (χ0v) is 12.1. The predicted molar refractivity (Wildman–Crippen MR) is 67.8 cm³/mol. The number of hydrogen-bond acceptors (Lipinski definition) is 6. The van der Waals surface area contributed by atoms with Crippen molar-refractivity contribution in [2.24, 2.45) is 5.73 Å². The van der Waals surface area contributed by atoms with Crippen LogP contribution in [0.2, 0.25) is 0 Å². The largest absolute Gasteiger partial charge is 0.542 e. The molecule has 0 spiro atoms. The van der Waals surface area contributed by atoms with E-state index in [-0.39, 0.29) is 0 Å². The van der Waals surface area contributed by atoms with Crippen LogP contribution in [0.15, 0.2) is 16.6 Å². The van der Waals surface area contributed by atoms with Crippen LogP contribution in [0.4, 0.5) is 18.0 Å². The fraction of sp³-hybridized carbons (Fsp3) is 0.200. The minimum absolute atomic E-state index is 0.502. The number of pyridine rings is 1. The van der Waals surface area contributed by atoms with Crippen LogP contribution < -0.4 is 15.4 Å². The number of fused-ring (bicyclic) bond motifs is 1. The van der Waals surface area contributed by atoms with E-state index in [2.05, 4.69) is 17.6 Å². The van der Waals surface area contributed by atoms with Crippen molar-refractivity contribution in [1.82, 2.24) is 4.98 Å². The number of aliphatic carboxylic acids is 1. The minimum Gasteiger partial charge on any atom is -0.542 e. The van der Waals surface area contributed by atoms with Crippen molar-refractivity contribution >= 4 is 46.2 Å². The van der Waals surface area contributed by atoms with Crippen LogP contribution in [0.5, 0.6) is 0 Å². The molecule has 1 amide bonds. The standard InChI is InChI=1S/C8H7N3OS2.C2HF3O2/c1-4-6-5(14-8(13)10-6)2-3-11(4)7(9)12;3-2(4,5)1(6)7/h2-3H,1H3,(H2-,9,10,12,13);(H,6,7). The number of carboxylic acid groups (broad SMARTS) is 1. The second kappa shape index (κ2) is 6.26. The molecule has 0 aliphatic carbocycles. The molecular formula is C10H8F3N3O3S2. The Morgan fingerprint density at radius 3 is 2.43 bits per heavy atom. The summed E-state index contributed by atoms with van der Waals surface area (Å²) in [4.78, 5) is 24.0. The molecule has 0 atom stereocenters. The Bertz CT molecular complexity index is 700. The molecule has 11 heteroatoms. The second-order valence-corrected chi connectivity index (χ2v) is 5.36. The van der Waals surface area contributed by atoms with E-state index < -0.39 is 18.2 Å². The number of aryl methyl sites for hydroxylation is 1. The van der Waals surface area contributed by atoms with Gasteiger partial charge >= 0.3 is 12.2 Å². The van der Waals surface area contributed by atoms with E-state index in [4.69, 9.17) is 15.6 Å². The predicted octanol–water partition coefficient (Wildman–Crippen LogP) is 0.406. The summed E-state index contributed by atoms with van der Waals surface area (Å²) in [6.07, 6.45) is -3.55. The molecule has 0 radical (unpaired) electrons. The zero-order chi connectivity index (χ0) is 16.4. The molecule has 0 saturated carbocycles. The fourth-order valence-electron chi connectivity index (χ4n) is 1.30. The number of carbonyl (C=O) groups is 2.